The molecule has 0 radical (unpaired) electrons. The molecule has 144 valence electrons. The first-order valence-corrected chi connectivity index (χ1v) is 17.5. The zero-order chi connectivity index (χ0) is 18.1. The average molecular weight is 497 g/mol. The molecule has 0 fully saturated rings. The fourth-order valence-electron chi connectivity index (χ4n) is 4.34. The first kappa shape index (κ1) is 24.9. The van der Waals surface area contributed by atoms with Crippen LogP contribution in [0.3, 0.4) is 0 Å². The summed E-state index contributed by atoms with van der Waals surface area (Å²) < 4.78 is 3.80. The van der Waals surface area contributed by atoms with Crippen molar-refractivity contribution >= 4 is 6.16 Å². The Bertz CT molecular complexity index is 844. The van der Waals surface area contributed by atoms with Crippen LogP contribution in [-0.2, 0) is 26.4 Å². The molecule has 27 heavy (non-hydrogen) atoms. The van der Waals surface area contributed by atoms with E-state index in [0.717, 1.165) is 0 Å². The predicted octanol–water partition coefficient (Wildman–Crippen LogP) is -0.0957. The molecule has 0 spiro atoms. The van der Waals surface area contributed by atoms with Crippen LogP contribution in [0.25, 0.3) is 0 Å². The minimum absolute atomic E-state index is 0. The molecule has 0 heterocycles. The first-order valence-electron chi connectivity index (χ1n) is 9.43. The Labute approximate surface area is 186 Å². The normalized spacial score (nSPS) is 21.7. The zero-order valence-corrected chi connectivity index (χ0v) is 22.4. The summed E-state index contributed by atoms with van der Waals surface area (Å²) in [6.45, 7) is 14.3. The van der Waals surface area contributed by atoms with Crippen molar-refractivity contribution in [2.24, 2.45) is 11.8 Å². The standard InChI is InChI=1S/2C8H11.C7H8Si.2ClH.Zr/c2*1-6-4-7(2)8(3)5-6;8-6-7-4-2-1-3-5-7;;;/h4,8H,1-3H3;4,6H,1-3H3;1-5,8H,6H2;2*1H;/q;;;;;+2/p-2. The van der Waals surface area contributed by atoms with E-state index in [9.17, 15) is 0 Å². The second-order valence-corrected chi connectivity index (χ2v) is 19.6. The van der Waals surface area contributed by atoms with Gasteiger partial charge in [-0.1, -0.05) is 0 Å². The van der Waals surface area contributed by atoms with E-state index in [4.69, 9.17) is 0 Å². The van der Waals surface area contributed by atoms with Crippen molar-refractivity contribution in [3.8, 4) is 0 Å². The van der Waals surface area contributed by atoms with Crippen LogP contribution in [0.5, 0.6) is 0 Å². The molecule has 0 aliphatic heterocycles. The molecule has 2 unspecified atom stereocenters. The van der Waals surface area contributed by atoms with Gasteiger partial charge >= 0.3 is 163 Å². The minimum Gasteiger partial charge on any atom is -1.00 e. The van der Waals surface area contributed by atoms with Gasteiger partial charge < -0.3 is 24.8 Å². The molecular weight excluding hydrogens is 466 g/mol. The van der Waals surface area contributed by atoms with Crippen LogP contribution in [0.15, 0.2) is 71.3 Å². The summed E-state index contributed by atoms with van der Waals surface area (Å²) in [6, 6.07) is 12.5. The van der Waals surface area contributed by atoms with E-state index >= 15 is 0 Å². The summed E-state index contributed by atoms with van der Waals surface area (Å²) in [5.74, 6) is 1.36. The molecule has 0 amide bonds. The van der Waals surface area contributed by atoms with Crippen LogP contribution in [0.4, 0.5) is 0 Å². The molecule has 2 aliphatic carbocycles. The molecule has 1 aromatic carbocycles. The van der Waals surface area contributed by atoms with Gasteiger partial charge in [-0.3, -0.25) is 0 Å². The van der Waals surface area contributed by atoms with Crippen LogP contribution in [-0.4, -0.2) is 6.16 Å². The monoisotopic (exact) mass is 494 g/mol. The predicted molar refractivity (Wildman–Crippen MR) is 109 cm³/mol. The quantitative estimate of drug-likeness (QED) is 0.511. The zero-order valence-electron chi connectivity index (χ0n) is 17.2. The molecule has 0 bridgehead atoms. The van der Waals surface area contributed by atoms with Gasteiger partial charge in [-0.2, -0.15) is 0 Å². The molecule has 0 saturated heterocycles. The Morgan fingerprint density at radius 2 is 1.56 bits per heavy atom. The molecule has 0 N–H and O–H groups in total. The third kappa shape index (κ3) is 5.27. The van der Waals surface area contributed by atoms with Gasteiger partial charge in [-0.05, 0) is 0 Å². The summed E-state index contributed by atoms with van der Waals surface area (Å²) in [5.41, 5.74) is 7.90. The maximum Gasteiger partial charge on any atom is -1.00 e. The largest absolute Gasteiger partial charge is 1.00 e. The minimum atomic E-state index is -1.80. The van der Waals surface area contributed by atoms with Gasteiger partial charge in [0.15, 0.2) is 0 Å². The second kappa shape index (κ2) is 10.6. The van der Waals surface area contributed by atoms with E-state index in [2.05, 4.69) is 84.0 Å². The first-order chi connectivity index (χ1) is 11.9. The number of halogens is 2. The topological polar surface area (TPSA) is 0 Å². The van der Waals surface area contributed by atoms with Crippen LogP contribution >= 0.6 is 0 Å². The molecule has 1 aromatic rings. The molecule has 0 saturated carbocycles. The van der Waals surface area contributed by atoms with Crippen molar-refractivity contribution in [3.63, 3.8) is 0 Å². The van der Waals surface area contributed by atoms with E-state index in [-0.39, 0.29) is 24.8 Å². The SMILES string of the molecule is CC1=CC(C)[C](/[Zr+2](=[SiH]/Cc2ccccc2)[C]2=C(C)C=C(C)C2C)=C1C.[Cl-].[Cl-]. The van der Waals surface area contributed by atoms with Crippen molar-refractivity contribution < 1.29 is 45.2 Å². The molecule has 0 aromatic heterocycles. The van der Waals surface area contributed by atoms with E-state index < -0.39 is 20.4 Å². The maximum absolute atomic E-state index is 2.52. The number of hydrogen-bond donors (Lipinski definition) is 0. The van der Waals surface area contributed by atoms with Crippen molar-refractivity contribution in [2.75, 3.05) is 0 Å². The van der Waals surface area contributed by atoms with Gasteiger partial charge in [0, 0.05) is 0 Å². The van der Waals surface area contributed by atoms with Crippen molar-refractivity contribution in [3.05, 3.63) is 76.9 Å². The van der Waals surface area contributed by atoms with Crippen LogP contribution < -0.4 is 24.8 Å². The fourth-order valence-corrected chi connectivity index (χ4v) is 24.2. The van der Waals surface area contributed by atoms with E-state index in [1.807, 2.05) is 6.56 Å². The maximum atomic E-state index is 2.52. The van der Waals surface area contributed by atoms with Gasteiger partial charge in [0.2, 0.25) is 0 Å². The summed E-state index contributed by atoms with van der Waals surface area (Å²) in [5, 5.41) is 0. The van der Waals surface area contributed by atoms with E-state index in [0.29, 0.717) is 18.0 Å². The Kier molecular flexibility index (Phi) is 9.76. The summed E-state index contributed by atoms with van der Waals surface area (Å²) in [7, 11) is 0. The summed E-state index contributed by atoms with van der Waals surface area (Å²) >= 11 is -1.80. The number of rotatable bonds is 4. The van der Waals surface area contributed by atoms with Gasteiger partial charge in [0.1, 0.15) is 0 Å². The molecule has 2 atom stereocenters. The molecule has 3 rings (SSSR count). The number of hydrogen-bond acceptors (Lipinski definition) is 0. The third-order valence-electron chi connectivity index (χ3n) is 5.90. The fraction of sp³-hybridized carbons (Fsp3) is 0.391. The van der Waals surface area contributed by atoms with Crippen LogP contribution in [0, 0.1) is 11.8 Å². The van der Waals surface area contributed by atoms with Gasteiger partial charge in [-0.25, -0.2) is 0 Å². The smallest absolute Gasteiger partial charge is 1.00 e. The molecule has 4 heteroatoms. The summed E-state index contributed by atoms with van der Waals surface area (Å²) in [6.07, 6.45) is 5.50. The molecule has 0 nitrogen and oxygen atoms in total. The van der Waals surface area contributed by atoms with Gasteiger partial charge in [0.05, 0.1) is 0 Å². The van der Waals surface area contributed by atoms with Gasteiger partial charge in [-0.15, -0.1) is 0 Å². The number of benzene rings is 1. The second-order valence-electron chi connectivity index (χ2n) is 7.69. The molecular formula is C23H30Cl2SiZr. The Morgan fingerprint density at radius 3 is 2.04 bits per heavy atom. The van der Waals surface area contributed by atoms with Gasteiger partial charge in [0.25, 0.3) is 0 Å². The van der Waals surface area contributed by atoms with Crippen molar-refractivity contribution in [1.29, 1.82) is 0 Å². The van der Waals surface area contributed by atoms with E-state index in [1.54, 1.807) is 16.7 Å². The van der Waals surface area contributed by atoms with Crippen molar-refractivity contribution in [1.82, 2.24) is 0 Å². The molecule has 2 aliphatic rings. The number of allylic oxidation sites excluding steroid dienone is 8. The summed E-state index contributed by atoms with van der Waals surface area (Å²) in [4.78, 5) is 0. The Balaban J connectivity index is 0.00000182. The van der Waals surface area contributed by atoms with Crippen molar-refractivity contribution in [2.45, 2.75) is 47.6 Å². The Hall–Kier alpha value is -0.140. The van der Waals surface area contributed by atoms with Crippen LogP contribution in [0.2, 0.25) is 0 Å². The van der Waals surface area contributed by atoms with Crippen LogP contribution in [0.1, 0.15) is 47.1 Å². The average Bonchev–Trinajstić information content (AvgIpc) is 2.98. The van der Waals surface area contributed by atoms with E-state index in [1.165, 1.54) is 17.2 Å². The third-order valence-corrected chi connectivity index (χ3v) is 22.1. The Morgan fingerprint density at radius 1 is 0.926 bits per heavy atom.